The third kappa shape index (κ3) is 10.5. The Hall–Kier alpha value is -0.970. The Morgan fingerprint density at radius 1 is 0.923 bits per heavy atom. The number of carbonyl (C=O) groups excluding carboxylic acids is 1. The Bertz CT molecular complexity index is 1130. The lowest BCUT2D eigenvalue weighted by atomic mass is 9.77. The number of methoxy groups -OCH3 is 1. The van der Waals surface area contributed by atoms with Gasteiger partial charge in [0.05, 0.1) is 47.6 Å². The van der Waals surface area contributed by atoms with Crippen LogP contribution in [0.25, 0.3) is 0 Å². The van der Waals surface area contributed by atoms with E-state index in [1.807, 2.05) is 67.6 Å². The highest BCUT2D eigenvalue weighted by atomic mass is 16.7. The summed E-state index contributed by atoms with van der Waals surface area (Å²) >= 11 is 0. The summed E-state index contributed by atoms with van der Waals surface area (Å²) < 4.78 is 38.0. The molecule has 0 radical (unpaired) electrons. The molecule has 0 unspecified atom stereocenters. The molecular weight excluding hydrogens is 672 g/mol. The summed E-state index contributed by atoms with van der Waals surface area (Å²) in [6, 6.07) is -0.513. The number of aliphatic hydroxyl groups excluding tert-OH is 3. The minimum Gasteiger partial charge on any atom is -0.461 e. The Kier molecular flexibility index (Phi) is 16.0. The van der Waals surface area contributed by atoms with Crippen LogP contribution < -0.4 is 0 Å². The predicted octanol–water partition coefficient (Wildman–Crippen LogP) is 3.03. The molecule has 3 rings (SSSR count). The van der Waals surface area contributed by atoms with Crippen molar-refractivity contribution < 1.29 is 53.6 Å². The summed E-state index contributed by atoms with van der Waals surface area (Å²) in [5, 5.41) is 46.6. The van der Waals surface area contributed by atoms with Gasteiger partial charge in [-0.3, -0.25) is 4.79 Å². The van der Waals surface area contributed by atoms with Crippen LogP contribution in [0.2, 0.25) is 0 Å². The van der Waals surface area contributed by atoms with E-state index in [-0.39, 0.29) is 42.4 Å². The Morgan fingerprint density at radius 3 is 2.10 bits per heavy atom. The third-order valence-corrected chi connectivity index (χ3v) is 12.3. The molecule has 0 aromatic rings. The third-order valence-electron chi connectivity index (χ3n) is 12.3. The molecule has 18 atom stereocenters. The van der Waals surface area contributed by atoms with Gasteiger partial charge >= 0.3 is 5.97 Å². The Balaban J connectivity index is 2.17. The van der Waals surface area contributed by atoms with E-state index in [4.69, 9.17) is 28.4 Å². The van der Waals surface area contributed by atoms with Gasteiger partial charge in [-0.25, -0.2) is 0 Å². The van der Waals surface area contributed by atoms with Crippen LogP contribution in [0, 0.1) is 29.6 Å². The lowest BCUT2D eigenvalue weighted by molar-refractivity contribution is -0.318. The van der Waals surface area contributed by atoms with Gasteiger partial charge in [0.1, 0.15) is 18.3 Å². The molecule has 3 aliphatic heterocycles. The van der Waals surface area contributed by atoms with E-state index < -0.39 is 84.3 Å². The predicted molar refractivity (Wildman–Crippen MR) is 197 cm³/mol. The summed E-state index contributed by atoms with van der Waals surface area (Å²) in [7, 11) is 7.29. The molecule has 0 aromatic heterocycles. The molecule has 13 heteroatoms. The maximum Gasteiger partial charge on any atom is 0.311 e. The number of likely N-dealkylation sites (N-methyl/N-ethyl adjacent to an activating group) is 2. The summed E-state index contributed by atoms with van der Waals surface area (Å²) in [5.74, 6) is -2.63. The maximum absolute atomic E-state index is 14.3. The largest absolute Gasteiger partial charge is 0.461 e. The number of carbonyl (C=O) groups is 1. The fourth-order valence-electron chi connectivity index (χ4n) is 8.94. The van der Waals surface area contributed by atoms with Crippen molar-refractivity contribution in [2.45, 2.75) is 180 Å². The van der Waals surface area contributed by atoms with E-state index in [9.17, 15) is 25.2 Å². The van der Waals surface area contributed by atoms with Crippen LogP contribution in [0.15, 0.2) is 0 Å². The van der Waals surface area contributed by atoms with Gasteiger partial charge in [0.15, 0.2) is 12.6 Å². The topological polar surface area (TPSA) is 160 Å². The normalized spacial score (nSPS) is 48.3. The summed E-state index contributed by atoms with van der Waals surface area (Å²) in [4.78, 5) is 18.3. The zero-order chi connectivity index (χ0) is 39.6. The molecule has 3 aliphatic rings. The van der Waals surface area contributed by atoms with Crippen LogP contribution in [0.1, 0.15) is 95.4 Å². The summed E-state index contributed by atoms with van der Waals surface area (Å²) in [5.41, 5.74) is -2.49. The first kappa shape index (κ1) is 45.4. The SMILES string of the molecule is CO[C@]1(C)C[C@H](O[C@H]2[C@H](C)[C@@H](O[C@@H]3O[C@H](C)C[C@H](N(C)C)[C@H]3O)[C@@](C)(O)C[C@@H](C)CN(C)[C@@H](C)[C@@H](O)[C@@H](C)[C@H](C(C)C)OC(=O)[C@@H]2C)O[C@@H](C)[C@@H]1O. The molecule has 0 amide bonds. The van der Waals surface area contributed by atoms with Crippen molar-refractivity contribution in [1.29, 1.82) is 0 Å². The van der Waals surface area contributed by atoms with E-state index >= 15 is 0 Å². The summed E-state index contributed by atoms with van der Waals surface area (Å²) in [6.45, 7) is 21.2. The van der Waals surface area contributed by atoms with E-state index in [2.05, 4.69) is 11.8 Å². The molecule has 0 bridgehead atoms. The Morgan fingerprint density at radius 2 is 1.54 bits per heavy atom. The van der Waals surface area contributed by atoms with E-state index in [1.54, 1.807) is 27.7 Å². The average molecular weight is 747 g/mol. The molecule has 3 heterocycles. The van der Waals surface area contributed by atoms with Crippen molar-refractivity contribution in [2.24, 2.45) is 29.6 Å². The average Bonchev–Trinajstić information content (AvgIpc) is 3.05. The highest BCUT2D eigenvalue weighted by molar-refractivity contribution is 5.73. The second-order valence-electron chi connectivity index (χ2n) is 17.7. The molecule has 0 spiro atoms. The van der Waals surface area contributed by atoms with Crippen LogP contribution in [0.3, 0.4) is 0 Å². The van der Waals surface area contributed by atoms with Crippen LogP contribution in [0.5, 0.6) is 0 Å². The lowest BCUT2D eigenvalue weighted by Gasteiger charge is -2.48. The molecule has 13 nitrogen and oxygen atoms in total. The number of rotatable bonds is 7. The molecule has 0 saturated carbocycles. The van der Waals surface area contributed by atoms with Crippen molar-refractivity contribution in [2.75, 3.05) is 34.8 Å². The molecule has 4 N–H and O–H groups in total. The Labute approximate surface area is 313 Å². The lowest BCUT2D eigenvalue weighted by Crippen LogP contribution is -2.60. The number of ether oxygens (including phenoxy) is 6. The van der Waals surface area contributed by atoms with Crippen molar-refractivity contribution in [3.05, 3.63) is 0 Å². The number of nitrogens with zero attached hydrogens (tertiary/aromatic N) is 2. The van der Waals surface area contributed by atoms with Crippen LogP contribution in [-0.2, 0) is 33.2 Å². The van der Waals surface area contributed by atoms with Gasteiger partial charge in [-0.1, -0.05) is 34.6 Å². The van der Waals surface area contributed by atoms with Gasteiger partial charge in [0.25, 0.3) is 0 Å². The van der Waals surface area contributed by atoms with Gasteiger partial charge in [-0.2, -0.15) is 0 Å². The number of hydrogen-bond acceptors (Lipinski definition) is 13. The van der Waals surface area contributed by atoms with Crippen molar-refractivity contribution in [3.63, 3.8) is 0 Å². The van der Waals surface area contributed by atoms with E-state index in [1.165, 1.54) is 7.11 Å². The monoisotopic (exact) mass is 747 g/mol. The van der Waals surface area contributed by atoms with Gasteiger partial charge < -0.3 is 58.6 Å². The fourth-order valence-corrected chi connectivity index (χ4v) is 8.94. The molecular formula is C39H74N2O11. The quantitative estimate of drug-likeness (QED) is 0.282. The van der Waals surface area contributed by atoms with E-state index in [0.717, 1.165) is 0 Å². The molecule has 3 fully saturated rings. The van der Waals surface area contributed by atoms with Gasteiger partial charge in [-0.15, -0.1) is 0 Å². The number of cyclic esters (lactones) is 1. The maximum atomic E-state index is 14.3. The van der Waals surface area contributed by atoms with Crippen LogP contribution in [0.4, 0.5) is 0 Å². The van der Waals surface area contributed by atoms with Crippen molar-refractivity contribution in [3.8, 4) is 0 Å². The molecule has 0 aliphatic carbocycles. The zero-order valence-electron chi connectivity index (χ0n) is 34.7. The van der Waals surface area contributed by atoms with Gasteiger partial charge in [-0.05, 0) is 87.4 Å². The summed E-state index contributed by atoms with van der Waals surface area (Å²) in [6.07, 6.45) is -7.01. The second-order valence-corrected chi connectivity index (χ2v) is 17.7. The molecule has 52 heavy (non-hydrogen) atoms. The number of aliphatic hydroxyl groups is 4. The first-order chi connectivity index (χ1) is 23.9. The second kappa shape index (κ2) is 18.3. The zero-order valence-corrected chi connectivity index (χ0v) is 34.7. The number of esters is 1. The highest BCUT2D eigenvalue weighted by Gasteiger charge is 2.52. The van der Waals surface area contributed by atoms with Crippen LogP contribution in [-0.4, -0.2) is 156 Å². The number of hydrogen-bond donors (Lipinski definition) is 4. The first-order valence-electron chi connectivity index (χ1n) is 19.5. The fraction of sp³-hybridized carbons (Fsp3) is 0.974. The van der Waals surface area contributed by atoms with E-state index in [0.29, 0.717) is 19.4 Å². The van der Waals surface area contributed by atoms with Crippen molar-refractivity contribution in [1.82, 2.24) is 9.80 Å². The van der Waals surface area contributed by atoms with Gasteiger partial charge in [0, 0.05) is 44.0 Å². The van der Waals surface area contributed by atoms with Crippen molar-refractivity contribution >= 4 is 5.97 Å². The first-order valence-corrected chi connectivity index (χ1v) is 19.5. The van der Waals surface area contributed by atoms with Crippen LogP contribution >= 0.6 is 0 Å². The minimum atomic E-state index is -1.50. The standard InChI is InChI=1S/C39H74N2O11/c1-20(2)32-23(5)30(42)26(8)41(14)19-21(3)17-38(10,46)35(52-37-31(43)28(40(12)13)16-22(4)48-37)24(6)33(25(7)36(45)51-32)50-29-18-39(11,47-15)34(44)27(9)49-29/h20-35,37,42-44,46H,16-19H2,1-15H3/t21-,22-,23-,24+,25-,26+,27+,28+,29+,30+,31-,32+,33+,34+,35-,37+,38+,39-/m1/s1. The molecule has 0 aromatic carbocycles. The highest BCUT2D eigenvalue weighted by Crippen LogP contribution is 2.40. The molecule has 306 valence electrons. The smallest absolute Gasteiger partial charge is 0.311 e. The molecule has 3 saturated heterocycles. The minimum absolute atomic E-state index is 0.0546. The van der Waals surface area contributed by atoms with Gasteiger partial charge in [0.2, 0.25) is 0 Å².